The van der Waals surface area contributed by atoms with Crippen molar-refractivity contribution in [1.29, 1.82) is 0 Å². The highest BCUT2D eigenvalue weighted by Crippen LogP contribution is 2.34. The number of benzene rings is 2. The second kappa shape index (κ2) is 8.33. The molecule has 2 aromatic carbocycles. The molecule has 0 atom stereocenters. The van der Waals surface area contributed by atoms with E-state index >= 15 is 0 Å². The SMILES string of the molecule is Cc1cc(C)c(S(=O)(=O)N(C)CC(=O)Nc2cc(C(F)(F)F)ccc2Cl)c(C)c1. The maximum absolute atomic E-state index is 12.9. The van der Waals surface area contributed by atoms with Crippen LogP contribution in [0, 0.1) is 20.8 Å². The van der Waals surface area contributed by atoms with Gasteiger partial charge in [-0.2, -0.15) is 17.5 Å². The number of anilines is 1. The molecule has 0 saturated heterocycles. The van der Waals surface area contributed by atoms with Crippen molar-refractivity contribution in [3.05, 3.63) is 57.6 Å². The van der Waals surface area contributed by atoms with Gasteiger partial charge in [0, 0.05) is 7.05 Å². The van der Waals surface area contributed by atoms with Gasteiger partial charge in [-0.3, -0.25) is 4.79 Å². The van der Waals surface area contributed by atoms with Crippen LogP contribution in [0.15, 0.2) is 35.2 Å². The second-order valence-electron chi connectivity index (χ2n) is 6.73. The molecule has 10 heteroatoms. The molecule has 1 N–H and O–H groups in total. The lowest BCUT2D eigenvalue weighted by Gasteiger charge is -2.20. The van der Waals surface area contributed by atoms with Gasteiger partial charge in [0.2, 0.25) is 15.9 Å². The van der Waals surface area contributed by atoms with Gasteiger partial charge in [-0.05, 0) is 50.1 Å². The summed E-state index contributed by atoms with van der Waals surface area (Å²) in [5.41, 5.74) is 0.744. The second-order valence-corrected chi connectivity index (χ2v) is 9.12. The highest BCUT2D eigenvalue weighted by Gasteiger charge is 2.31. The molecule has 0 aliphatic carbocycles. The van der Waals surface area contributed by atoms with Gasteiger partial charge in [0.15, 0.2) is 0 Å². The van der Waals surface area contributed by atoms with Crippen LogP contribution < -0.4 is 5.32 Å². The van der Waals surface area contributed by atoms with Crippen molar-refractivity contribution in [2.24, 2.45) is 0 Å². The van der Waals surface area contributed by atoms with E-state index in [-0.39, 0.29) is 15.6 Å². The van der Waals surface area contributed by atoms with Crippen molar-refractivity contribution < 1.29 is 26.4 Å². The van der Waals surface area contributed by atoms with Crippen molar-refractivity contribution in [1.82, 2.24) is 4.31 Å². The molecule has 0 aliphatic heterocycles. The van der Waals surface area contributed by atoms with Crippen LogP contribution >= 0.6 is 11.6 Å². The zero-order valence-corrected chi connectivity index (χ0v) is 17.8. The van der Waals surface area contributed by atoms with Crippen LogP contribution in [0.2, 0.25) is 5.02 Å². The topological polar surface area (TPSA) is 66.5 Å². The maximum Gasteiger partial charge on any atom is 0.416 e. The summed E-state index contributed by atoms with van der Waals surface area (Å²) in [4.78, 5) is 12.4. The molecular weight excluding hydrogens is 429 g/mol. The van der Waals surface area contributed by atoms with Gasteiger partial charge in [0.1, 0.15) is 0 Å². The molecule has 0 aromatic heterocycles. The fourth-order valence-corrected chi connectivity index (χ4v) is 4.70. The van der Waals surface area contributed by atoms with E-state index in [1.807, 2.05) is 6.92 Å². The van der Waals surface area contributed by atoms with Crippen molar-refractivity contribution in [3.63, 3.8) is 0 Å². The molecule has 0 radical (unpaired) electrons. The van der Waals surface area contributed by atoms with Crippen LogP contribution in [0.5, 0.6) is 0 Å². The van der Waals surface area contributed by atoms with E-state index in [0.717, 1.165) is 22.0 Å². The highest BCUT2D eigenvalue weighted by molar-refractivity contribution is 7.89. The van der Waals surface area contributed by atoms with E-state index in [0.29, 0.717) is 17.2 Å². The minimum atomic E-state index is -4.61. The van der Waals surface area contributed by atoms with Gasteiger partial charge in [-0.1, -0.05) is 29.3 Å². The third-order valence-electron chi connectivity index (χ3n) is 4.21. The molecule has 158 valence electrons. The Morgan fingerprint density at radius 3 is 2.17 bits per heavy atom. The number of amides is 1. The van der Waals surface area contributed by atoms with E-state index in [2.05, 4.69) is 5.32 Å². The summed E-state index contributed by atoms with van der Waals surface area (Å²) in [6.07, 6.45) is -4.61. The number of carbonyl (C=O) groups excluding carboxylic acids is 1. The Bertz CT molecular complexity index is 1030. The fraction of sp³-hybridized carbons (Fsp3) is 0.316. The quantitative estimate of drug-likeness (QED) is 0.730. The minimum Gasteiger partial charge on any atom is -0.324 e. The maximum atomic E-state index is 12.9. The van der Waals surface area contributed by atoms with Crippen molar-refractivity contribution in [2.75, 3.05) is 18.9 Å². The number of aryl methyl sites for hydroxylation is 3. The Hall–Kier alpha value is -2.10. The Morgan fingerprint density at radius 2 is 1.66 bits per heavy atom. The molecule has 2 rings (SSSR count). The predicted molar refractivity (Wildman–Crippen MR) is 106 cm³/mol. The smallest absolute Gasteiger partial charge is 0.324 e. The zero-order valence-electron chi connectivity index (χ0n) is 16.2. The normalized spacial score (nSPS) is 12.3. The monoisotopic (exact) mass is 448 g/mol. The van der Waals surface area contributed by atoms with Crippen LogP contribution in [0.1, 0.15) is 22.3 Å². The summed E-state index contributed by atoms with van der Waals surface area (Å²) >= 11 is 5.86. The van der Waals surface area contributed by atoms with Gasteiger partial charge < -0.3 is 5.32 Å². The van der Waals surface area contributed by atoms with Crippen LogP contribution in [-0.4, -0.2) is 32.2 Å². The molecule has 0 bridgehead atoms. The molecule has 0 fully saturated rings. The number of hydrogen-bond acceptors (Lipinski definition) is 3. The third-order valence-corrected chi connectivity index (χ3v) is 6.65. The zero-order chi connectivity index (χ0) is 22.1. The molecule has 29 heavy (non-hydrogen) atoms. The summed E-state index contributed by atoms with van der Waals surface area (Å²) < 4.78 is 65.2. The molecule has 1 amide bonds. The van der Waals surface area contributed by atoms with Gasteiger partial charge in [0.25, 0.3) is 0 Å². The molecule has 0 spiro atoms. The summed E-state index contributed by atoms with van der Waals surface area (Å²) in [5.74, 6) is -0.820. The molecule has 0 saturated carbocycles. The molecule has 0 aliphatic rings. The number of nitrogens with zero attached hydrogens (tertiary/aromatic N) is 1. The van der Waals surface area contributed by atoms with E-state index in [1.54, 1.807) is 26.0 Å². The largest absolute Gasteiger partial charge is 0.416 e. The number of nitrogens with one attached hydrogen (secondary N) is 1. The fourth-order valence-electron chi connectivity index (χ4n) is 3.00. The van der Waals surface area contributed by atoms with Crippen LogP contribution in [0.3, 0.4) is 0 Å². The summed E-state index contributed by atoms with van der Waals surface area (Å²) in [7, 11) is -2.76. The molecular formula is C19H20ClF3N2O3S. The Balaban J connectivity index is 2.24. The van der Waals surface area contributed by atoms with Crippen LogP contribution in [-0.2, 0) is 21.0 Å². The lowest BCUT2D eigenvalue weighted by molar-refractivity contribution is -0.137. The molecule has 5 nitrogen and oxygen atoms in total. The Kier molecular flexibility index (Phi) is 6.66. The molecule has 0 unspecified atom stereocenters. The van der Waals surface area contributed by atoms with E-state index in [1.165, 1.54) is 7.05 Å². The van der Waals surface area contributed by atoms with E-state index in [9.17, 15) is 26.4 Å². The first-order valence-electron chi connectivity index (χ1n) is 8.44. The van der Waals surface area contributed by atoms with Gasteiger partial charge >= 0.3 is 6.18 Å². The Labute approximate surface area is 172 Å². The number of likely N-dealkylation sites (N-methyl/N-ethyl adjacent to an activating group) is 1. The van der Waals surface area contributed by atoms with Crippen LogP contribution in [0.25, 0.3) is 0 Å². The number of sulfonamides is 1. The average molecular weight is 449 g/mol. The minimum absolute atomic E-state index is 0.0931. The molecule has 2 aromatic rings. The van der Waals surface area contributed by atoms with Gasteiger partial charge in [-0.25, -0.2) is 8.42 Å². The summed E-state index contributed by atoms with van der Waals surface area (Å²) in [6.45, 7) is 4.56. The number of rotatable bonds is 5. The first-order valence-corrected chi connectivity index (χ1v) is 10.3. The first kappa shape index (κ1) is 23.2. The van der Waals surface area contributed by atoms with E-state index < -0.39 is 34.2 Å². The number of hydrogen-bond donors (Lipinski definition) is 1. The summed E-state index contributed by atoms with van der Waals surface area (Å²) in [5, 5.41) is 2.14. The van der Waals surface area contributed by atoms with Gasteiger partial charge in [-0.15, -0.1) is 0 Å². The van der Waals surface area contributed by atoms with Crippen molar-refractivity contribution >= 4 is 33.2 Å². The summed E-state index contributed by atoms with van der Waals surface area (Å²) in [6, 6.07) is 5.94. The Morgan fingerprint density at radius 1 is 1.10 bits per heavy atom. The predicted octanol–water partition coefficient (Wildman–Crippen LogP) is 4.54. The standard InChI is InChI=1S/C19H20ClF3N2O3S/c1-11-7-12(2)18(13(3)8-11)29(27,28)25(4)10-17(26)24-16-9-14(19(21,22)23)5-6-15(16)20/h5-9H,10H2,1-4H3,(H,24,26). The number of alkyl halides is 3. The van der Waals surface area contributed by atoms with Crippen molar-refractivity contribution in [2.45, 2.75) is 31.8 Å². The molecule has 0 heterocycles. The third kappa shape index (κ3) is 5.29. The number of carbonyl (C=O) groups is 1. The lowest BCUT2D eigenvalue weighted by Crippen LogP contribution is -2.35. The average Bonchev–Trinajstić information content (AvgIpc) is 2.54. The van der Waals surface area contributed by atoms with Crippen molar-refractivity contribution in [3.8, 4) is 0 Å². The number of halogens is 4. The first-order chi connectivity index (χ1) is 13.2. The van der Waals surface area contributed by atoms with Crippen LogP contribution in [0.4, 0.5) is 18.9 Å². The lowest BCUT2D eigenvalue weighted by atomic mass is 10.1. The van der Waals surface area contributed by atoms with Gasteiger partial charge in [0.05, 0.1) is 27.7 Å². The van der Waals surface area contributed by atoms with E-state index in [4.69, 9.17) is 11.6 Å². The highest BCUT2D eigenvalue weighted by atomic mass is 35.5.